The molecule has 0 radical (unpaired) electrons. The van der Waals surface area contributed by atoms with Crippen LogP contribution in [0.4, 0.5) is 5.69 Å². The zero-order valence-corrected chi connectivity index (χ0v) is 13.7. The Hall–Kier alpha value is -2.79. The molecule has 1 aromatic heterocycles. The van der Waals surface area contributed by atoms with Crippen LogP contribution in [0, 0.1) is 11.5 Å². The zero-order chi connectivity index (χ0) is 16.7. The second-order valence-corrected chi connectivity index (χ2v) is 4.98. The summed E-state index contributed by atoms with van der Waals surface area (Å²) >= 11 is 1.35. The van der Waals surface area contributed by atoms with Crippen LogP contribution < -0.4 is 14.8 Å². The minimum Gasteiger partial charge on any atom is -0.481 e. The third-order valence-electron chi connectivity index (χ3n) is 2.79. The molecule has 1 N–H and O–H groups in total. The fourth-order valence-electron chi connectivity index (χ4n) is 1.75. The molecule has 0 spiro atoms. The topological polar surface area (TPSA) is 92.4 Å². The van der Waals surface area contributed by atoms with Gasteiger partial charge in [0.15, 0.2) is 17.2 Å². The monoisotopic (exact) mass is 329 g/mol. The molecule has 0 aliphatic rings. The van der Waals surface area contributed by atoms with Gasteiger partial charge >= 0.3 is 0 Å². The fraction of sp³-hybridized carbons (Fsp3) is 0.200. The van der Waals surface area contributed by atoms with E-state index in [1.807, 2.05) is 36.7 Å². The number of rotatable bonds is 4. The maximum Gasteiger partial charge on any atom is 0.220 e. The summed E-state index contributed by atoms with van der Waals surface area (Å²) < 4.78 is 10.3. The second kappa shape index (κ2) is 8.00. The van der Waals surface area contributed by atoms with E-state index in [0.717, 1.165) is 5.56 Å². The number of benzene rings is 1. The minimum absolute atomic E-state index is 0.414. The number of thioether (sulfide) groups is 1. The van der Waals surface area contributed by atoms with Crippen molar-refractivity contribution in [3.05, 3.63) is 30.3 Å². The number of ether oxygens (including phenoxy) is 2. The van der Waals surface area contributed by atoms with E-state index in [-0.39, 0.29) is 0 Å². The van der Waals surface area contributed by atoms with Crippen LogP contribution in [0.1, 0.15) is 0 Å². The number of aliphatic imine (C=N–C) groups is 1. The molecule has 1 heterocycles. The first-order chi connectivity index (χ1) is 11.2. The van der Waals surface area contributed by atoms with Crippen LogP contribution in [0.5, 0.6) is 11.8 Å². The molecule has 23 heavy (non-hydrogen) atoms. The van der Waals surface area contributed by atoms with Gasteiger partial charge < -0.3 is 9.47 Å². The van der Waals surface area contributed by atoms with Crippen molar-refractivity contribution in [3.8, 4) is 29.3 Å². The Balaban J connectivity index is 2.42. The molecule has 0 unspecified atom stereocenters. The van der Waals surface area contributed by atoms with Crippen LogP contribution in [0.25, 0.3) is 11.4 Å². The van der Waals surface area contributed by atoms with E-state index in [2.05, 4.69) is 20.3 Å². The Morgan fingerprint density at radius 1 is 1.22 bits per heavy atom. The van der Waals surface area contributed by atoms with E-state index >= 15 is 0 Å². The smallest absolute Gasteiger partial charge is 0.220 e. The third-order valence-corrected chi connectivity index (χ3v) is 3.37. The molecular formula is C15H15N5O2S. The van der Waals surface area contributed by atoms with Gasteiger partial charge in [0.2, 0.25) is 11.8 Å². The number of aromatic nitrogens is 2. The van der Waals surface area contributed by atoms with Crippen molar-refractivity contribution in [3.63, 3.8) is 0 Å². The zero-order valence-electron chi connectivity index (χ0n) is 12.9. The van der Waals surface area contributed by atoms with Crippen LogP contribution in [0.3, 0.4) is 0 Å². The first kappa shape index (κ1) is 16.6. The van der Waals surface area contributed by atoms with Gasteiger partial charge in [-0.25, -0.2) is 4.99 Å². The summed E-state index contributed by atoms with van der Waals surface area (Å²) in [5.41, 5.74) is 1.45. The summed E-state index contributed by atoms with van der Waals surface area (Å²) in [7, 11) is 3.06. The van der Waals surface area contributed by atoms with Gasteiger partial charge in [-0.1, -0.05) is 23.9 Å². The molecule has 2 rings (SSSR count). The van der Waals surface area contributed by atoms with Crippen molar-refractivity contribution in [2.45, 2.75) is 0 Å². The van der Waals surface area contributed by atoms with Gasteiger partial charge in [0.25, 0.3) is 0 Å². The highest BCUT2D eigenvalue weighted by molar-refractivity contribution is 8.13. The predicted molar refractivity (Wildman–Crippen MR) is 89.9 cm³/mol. The van der Waals surface area contributed by atoms with Crippen molar-refractivity contribution >= 4 is 22.6 Å². The van der Waals surface area contributed by atoms with Crippen LogP contribution in [-0.4, -0.2) is 35.6 Å². The highest BCUT2D eigenvalue weighted by Gasteiger charge is 2.08. The lowest BCUT2D eigenvalue weighted by molar-refractivity contribution is 0.372. The Morgan fingerprint density at radius 3 is 2.48 bits per heavy atom. The van der Waals surface area contributed by atoms with Crippen LogP contribution in [0.2, 0.25) is 0 Å². The van der Waals surface area contributed by atoms with E-state index in [9.17, 15) is 0 Å². The molecule has 0 bridgehead atoms. The predicted octanol–water partition coefficient (Wildman–Crippen LogP) is 2.58. The number of nitrogens with zero attached hydrogens (tertiary/aromatic N) is 4. The SMILES string of the molecule is COc1cc(OC)nc(-c2cccc(N=C(NC#N)SC)c2)n1. The van der Waals surface area contributed by atoms with Crippen molar-refractivity contribution < 1.29 is 9.47 Å². The maximum absolute atomic E-state index is 8.69. The Morgan fingerprint density at radius 2 is 1.91 bits per heavy atom. The summed E-state index contributed by atoms with van der Waals surface area (Å²) in [6.45, 7) is 0. The van der Waals surface area contributed by atoms with E-state index in [1.54, 1.807) is 6.07 Å². The molecule has 0 saturated heterocycles. The molecule has 0 aliphatic carbocycles. The summed E-state index contributed by atoms with van der Waals surface area (Å²) in [4.78, 5) is 13.0. The van der Waals surface area contributed by atoms with Crippen LogP contribution in [-0.2, 0) is 0 Å². The fourth-order valence-corrected chi connectivity index (χ4v) is 2.09. The first-order valence-corrected chi connectivity index (χ1v) is 7.78. The summed E-state index contributed by atoms with van der Waals surface area (Å²) in [5, 5.41) is 11.7. The van der Waals surface area contributed by atoms with Crippen molar-refractivity contribution in [1.29, 1.82) is 5.26 Å². The van der Waals surface area contributed by atoms with Crippen LogP contribution >= 0.6 is 11.8 Å². The minimum atomic E-state index is 0.414. The Bertz CT molecular complexity index is 736. The molecule has 0 atom stereocenters. The molecule has 118 valence electrons. The molecule has 2 aromatic rings. The lowest BCUT2D eigenvalue weighted by atomic mass is 10.2. The average molecular weight is 329 g/mol. The van der Waals surface area contributed by atoms with Gasteiger partial charge in [-0.2, -0.15) is 15.2 Å². The van der Waals surface area contributed by atoms with Gasteiger partial charge in [0.1, 0.15) is 0 Å². The van der Waals surface area contributed by atoms with Gasteiger partial charge in [0.05, 0.1) is 26.0 Å². The van der Waals surface area contributed by atoms with Gasteiger partial charge in [-0.3, -0.25) is 5.32 Å². The highest BCUT2D eigenvalue weighted by Crippen LogP contribution is 2.26. The quantitative estimate of drug-likeness (QED) is 0.399. The van der Waals surface area contributed by atoms with Crippen molar-refractivity contribution in [2.24, 2.45) is 4.99 Å². The number of nitrogens with one attached hydrogen (secondary N) is 1. The number of nitriles is 1. The van der Waals surface area contributed by atoms with Crippen LogP contribution in [0.15, 0.2) is 35.3 Å². The molecule has 7 nitrogen and oxygen atoms in total. The standard InChI is InChI=1S/C15H15N5O2S/c1-21-12-8-13(22-2)20-14(19-12)10-5-4-6-11(7-10)18-15(23-3)17-9-16/h4-8H,1-3H3,(H,17,18). The van der Waals surface area contributed by atoms with Gasteiger partial charge in [-0.15, -0.1) is 0 Å². The molecule has 0 fully saturated rings. The van der Waals surface area contributed by atoms with E-state index in [0.29, 0.717) is 28.4 Å². The second-order valence-electron chi connectivity index (χ2n) is 4.18. The maximum atomic E-state index is 8.69. The summed E-state index contributed by atoms with van der Waals surface area (Å²) in [5.74, 6) is 1.30. The number of methoxy groups -OCH3 is 2. The average Bonchev–Trinajstić information content (AvgIpc) is 2.61. The number of hydrogen-bond acceptors (Lipinski definition) is 7. The molecule has 0 saturated carbocycles. The van der Waals surface area contributed by atoms with E-state index in [1.165, 1.54) is 26.0 Å². The van der Waals surface area contributed by atoms with E-state index in [4.69, 9.17) is 14.7 Å². The molecular weight excluding hydrogens is 314 g/mol. The Kier molecular flexibility index (Phi) is 5.77. The van der Waals surface area contributed by atoms with Crippen molar-refractivity contribution in [1.82, 2.24) is 15.3 Å². The summed E-state index contributed by atoms with van der Waals surface area (Å²) in [6, 6.07) is 8.96. The molecule has 8 heteroatoms. The molecule has 1 aromatic carbocycles. The molecule has 0 amide bonds. The van der Waals surface area contributed by atoms with Crippen molar-refractivity contribution in [2.75, 3.05) is 20.5 Å². The number of amidine groups is 1. The lowest BCUT2D eigenvalue weighted by Crippen LogP contribution is -2.12. The van der Waals surface area contributed by atoms with Gasteiger partial charge in [0, 0.05) is 5.56 Å². The van der Waals surface area contributed by atoms with E-state index < -0.39 is 0 Å². The molecule has 0 aliphatic heterocycles. The summed E-state index contributed by atoms with van der Waals surface area (Å²) in [6.07, 6.45) is 3.69. The normalized spacial score (nSPS) is 10.8. The Labute approximate surface area is 138 Å². The third kappa shape index (κ3) is 4.34. The highest BCUT2D eigenvalue weighted by atomic mass is 32.2. The first-order valence-electron chi connectivity index (χ1n) is 6.55. The largest absolute Gasteiger partial charge is 0.481 e. The lowest BCUT2D eigenvalue weighted by Gasteiger charge is -2.07. The number of hydrogen-bond donors (Lipinski definition) is 1. The van der Waals surface area contributed by atoms with Gasteiger partial charge in [-0.05, 0) is 18.4 Å².